The number of nitrogens with one attached hydrogen (secondary N) is 2. The Labute approximate surface area is 225 Å². The molecular formula is C31H38FN5O. The van der Waals surface area contributed by atoms with Gasteiger partial charge in [-0.1, -0.05) is 51.3 Å². The van der Waals surface area contributed by atoms with E-state index in [1.165, 1.54) is 38.2 Å². The summed E-state index contributed by atoms with van der Waals surface area (Å²) in [7, 11) is 0. The fourth-order valence-electron chi connectivity index (χ4n) is 4.89. The van der Waals surface area contributed by atoms with E-state index in [1.807, 2.05) is 30.3 Å². The lowest BCUT2D eigenvalue weighted by Crippen LogP contribution is -2.35. The number of nitrogen functional groups attached to an aromatic ring is 1. The van der Waals surface area contributed by atoms with Crippen molar-refractivity contribution in [3.8, 4) is 0 Å². The van der Waals surface area contributed by atoms with Gasteiger partial charge in [-0.2, -0.15) is 0 Å². The zero-order valence-electron chi connectivity index (χ0n) is 22.3. The van der Waals surface area contributed by atoms with Gasteiger partial charge in [0.2, 0.25) is 0 Å². The lowest BCUT2D eigenvalue weighted by Gasteiger charge is -2.32. The molecule has 0 spiro atoms. The molecule has 2 aromatic carbocycles. The predicted molar refractivity (Wildman–Crippen MR) is 152 cm³/mol. The molecule has 1 amide bonds. The van der Waals surface area contributed by atoms with Crippen molar-refractivity contribution in [3.63, 3.8) is 0 Å². The van der Waals surface area contributed by atoms with Gasteiger partial charge in [0.05, 0.1) is 23.5 Å². The maximum absolute atomic E-state index is 14.6. The maximum atomic E-state index is 14.6. The normalized spacial score (nSPS) is 17.9. The number of aromatic nitrogens is 1. The summed E-state index contributed by atoms with van der Waals surface area (Å²) in [5.41, 5.74) is 8.98. The van der Waals surface area contributed by atoms with E-state index in [2.05, 4.69) is 29.0 Å². The standard InChI is InChI=1S/C28H32FN5O.C3H6/c1-3-20-12-13-21(4-2)34(20)22-10-8-18(9-11-22)27(31)24-15-23(25(29)16-26(24)30)28(35)33-17-19-7-5-6-14-32-19;1-2-3-1/h5-11,14-16,20-21,31H,3-4,12-13,17,30H2,1-2H3,(H,33,35);1-3H2. The van der Waals surface area contributed by atoms with Crippen LogP contribution in [0.15, 0.2) is 60.8 Å². The maximum Gasteiger partial charge on any atom is 0.254 e. The molecule has 6 nitrogen and oxygen atoms in total. The number of halogens is 1. The molecule has 1 aromatic heterocycles. The third-order valence-electron chi connectivity index (χ3n) is 7.18. The molecule has 4 N–H and O–H groups in total. The molecule has 5 rings (SSSR count). The van der Waals surface area contributed by atoms with E-state index in [4.69, 9.17) is 11.1 Å². The summed E-state index contributed by atoms with van der Waals surface area (Å²) in [4.78, 5) is 19.3. The van der Waals surface area contributed by atoms with Crippen LogP contribution in [0.5, 0.6) is 0 Å². The highest BCUT2D eigenvalue weighted by molar-refractivity contribution is 6.15. The highest BCUT2D eigenvalue weighted by Gasteiger charge is 2.31. The van der Waals surface area contributed by atoms with Gasteiger partial charge in [0.1, 0.15) is 5.82 Å². The summed E-state index contributed by atoms with van der Waals surface area (Å²) in [6.07, 6.45) is 10.7. The van der Waals surface area contributed by atoms with Crippen LogP contribution in [0.25, 0.3) is 0 Å². The van der Waals surface area contributed by atoms with Gasteiger partial charge in [0.25, 0.3) is 5.91 Å². The smallest absolute Gasteiger partial charge is 0.254 e. The number of anilines is 2. The van der Waals surface area contributed by atoms with Gasteiger partial charge in [-0.25, -0.2) is 4.39 Å². The van der Waals surface area contributed by atoms with Crippen LogP contribution < -0.4 is 16.0 Å². The van der Waals surface area contributed by atoms with Crippen LogP contribution >= 0.6 is 0 Å². The van der Waals surface area contributed by atoms with E-state index in [0.717, 1.165) is 24.6 Å². The Kier molecular flexibility index (Phi) is 9.10. The van der Waals surface area contributed by atoms with E-state index in [0.29, 0.717) is 28.9 Å². The summed E-state index contributed by atoms with van der Waals surface area (Å²) in [6.45, 7) is 4.62. The van der Waals surface area contributed by atoms with Crippen LogP contribution in [0.4, 0.5) is 15.8 Å². The van der Waals surface area contributed by atoms with Crippen molar-refractivity contribution in [2.24, 2.45) is 0 Å². The first-order chi connectivity index (χ1) is 18.4. The number of carbonyl (C=O) groups excluding carboxylic acids is 1. The number of carbonyl (C=O) groups is 1. The van der Waals surface area contributed by atoms with Crippen LogP contribution in [0, 0.1) is 11.2 Å². The van der Waals surface area contributed by atoms with Gasteiger partial charge in [-0.3, -0.25) is 15.2 Å². The van der Waals surface area contributed by atoms with E-state index in [1.54, 1.807) is 18.3 Å². The zero-order chi connectivity index (χ0) is 27.1. The molecule has 38 heavy (non-hydrogen) atoms. The SMILES string of the molecule is C1CC1.CCC1CCC(CC)N1c1ccc(C(=N)c2cc(C(=O)NCc3ccccn3)c(F)cc2N)cc1. The van der Waals surface area contributed by atoms with Gasteiger partial charge in [-0.15, -0.1) is 0 Å². The number of hydrogen-bond donors (Lipinski definition) is 3. The van der Waals surface area contributed by atoms with Crippen molar-refractivity contribution in [2.75, 3.05) is 10.6 Å². The monoisotopic (exact) mass is 515 g/mol. The molecule has 2 fully saturated rings. The molecule has 1 saturated carbocycles. The molecule has 2 atom stereocenters. The number of benzene rings is 2. The minimum absolute atomic E-state index is 0.120. The average molecular weight is 516 g/mol. The minimum atomic E-state index is -0.724. The van der Waals surface area contributed by atoms with Crippen LogP contribution in [0.2, 0.25) is 0 Å². The molecule has 1 aliphatic carbocycles. The van der Waals surface area contributed by atoms with Crippen molar-refractivity contribution in [1.82, 2.24) is 10.3 Å². The molecule has 2 aliphatic rings. The topological polar surface area (TPSA) is 95.1 Å². The zero-order valence-corrected chi connectivity index (χ0v) is 22.3. The molecule has 2 unspecified atom stereocenters. The molecule has 2 heterocycles. The number of amides is 1. The molecule has 7 heteroatoms. The quantitative estimate of drug-likeness (QED) is 0.236. The molecule has 1 saturated heterocycles. The van der Waals surface area contributed by atoms with Gasteiger partial charge in [-0.05, 0) is 62.1 Å². The highest BCUT2D eigenvalue weighted by atomic mass is 19.1. The number of nitrogens with zero attached hydrogens (tertiary/aromatic N) is 2. The van der Waals surface area contributed by atoms with Gasteiger partial charge >= 0.3 is 0 Å². The Morgan fingerprint density at radius 2 is 1.68 bits per heavy atom. The molecule has 0 radical (unpaired) electrons. The minimum Gasteiger partial charge on any atom is -0.398 e. The number of nitrogens with two attached hydrogens (primary N) is 1. The third-order valence-corrected chi connectivity index (χ3v) is 7.18. The molecular weight excluding hydrogens is 477 g/mol. The third kappa shape index (κ3) is 6.57. The lowest BCUT2D eigenvalue weighted by molar-refractivity contribution is 0.0946. The Balaban J connectivity index is 0.00000105. The van der Waals surface area contributed by atoms with Gasteiger partial charge < -0.3 is 16.0 Å². The first kappa shape index (κ1) is 27.3. The van der Waals surface area contributed by atoms with Crippen LogP contribution in [0.3, 0.4) is 0 Å². The first-order valence-corrected chi connectivity index (χ1v) is 13.7. The van der Waals surface area contributed by atoms with Crippen LogP contribution in [-0.2, 0) is 6.54 Å². The Morgan fingerprint density at radius 3 is 2.24 bits per heavy atom. The fraction of sp³-hybridized carbons (Fsp3) is 0.387. The van der Waals surface area contributed by atoms with E-state index < -0.39 is 11.7 Å². The second kappa shape index (κ2) is 12.7. The number of rotatable bonds is 8. The summed E-state index contributed by atoms with van der Waals surface area (Å²) < 4.78 is 14.6. The molecule has 3 aromatic rings. The Hall–Kier alpha value is -3.74. The summed E-state index contributed by atoms with van der Waals surface area (Å²) in [5, 5.41) is 11.4. The first-order valence-electron chi connectivity index (χ1n) is 13.7. The largest absolute Gasteiger partial charge is 0.398 e. The Bertz CT molecular complexity index is 1230. The summed E-state index contributed by atoms with van der Waals surface area (Å²) in [6, 6.07) is 16.8. The summed E-state index contributed by atoms with van der Waals surface area (Å²) >= 11 is 0. The number of pyridine rings is 1. The van der Waals surface area contributed by atoms with E-state index in [-0.39, 0.29) is 23.5 Å². The van der Waals surface area contributed by atoms with Crippen molar-refractivity contribution < 1.29 is 9.18 Å². The molecule has 0 bridgehead atoms. The Morgan fingerprint density at radius 1 is 1.03 bits per heavy atom. The van der Waals surface area contributed by atoms with Crippen molar-refractivity contribution in [1.29, 1.82) is 5.41 Å². The van der Waals surface area contributed by atoms with Crippen LogP contribution in [0.1, 0.15) is 86.0 Å². The highest BCUT2D eigenvalue weighted by Crippen LogP contribution is 2.34. The molecule has 200 valence electrons. The van der Waals surface area contributed by atoms with Crippen LogP contribution in [-0.4, -0.2) is 28.7 Å². The lowest BCUT2D eigenvalue weighted by atomic mass is 9.97. The van der Waals surface area contributed by atoms with E-state index in [9.17, 15) is 9.18 Å². The van der Waals surface area contributed by atoms with Crippen molar-refractivity contribution >= 4 is 23.0 Å². The molecule has 1 aliphatic heterocycles. The summed E-state index contributed by atoms with van der Waals surface area (Å²) in [5.74, 6) is -1.30. The van der Waals surface area contributed by atoms with Crippen molar-refractivity contribution in [2.45, 2.75) is 77.4 Å². The van der Waals surface area contributed by atoms with Gasteiger partial charge in [0.15, 0.2) is 0 Å². The fourth-order valence-corrected chi connectivity index (χ4v) is 4.89. The number of hydrogen-bond acceptors (Lipinski definition) is 5. The second-order valence-electron chi connectivity index (χ2n) is 10.0. The van der Waals surface area contributed by atoms with E-state index >= 15 is 0 Å². The predicted octanol–water partition coefficient (Wildman–Crippen LogP) is 6.48. The average Bonchev–Trinajstić information content (AvgIpc) is 3.77. The van der Waals surface area contributed by atoms with Crippen molar-refractivity contribution in [3.05, 3.63) is 89.0 Å². The van der Waals surface area contributed by atoms with Gasteiger partial charge in [0, 0.05) is 40.8 Å². The second-order valence-corrected chi connectivity index (χ2v) is 10.0.